The summed E-state index contributed by atoms with van der Waals surface area (Å²) in [6.07, 6.45) is 2.73. The number of nitrogen functional groups attached to an aromatic ring is 1. The van der Waals surface area contributed by atoms with Gasteiger partial charge in [0.1, 0.15) is 26.4 Å². The van der Waals surface area contributed by atoms with E-state index in [0.717, 1.165) is 11.1 Å². The van der Waals surface area contributed by atoms with E-state index in [4.69, 9.17) is 10.7 Å². The predicted molar refractivity (Wildman–Crippen MR) is 155 cm³/mol. The Morgan fingerprint density at radius 2 is 1.60 bits per heavy atom. The predicted octanol–water partition coefficient (Wildman–Crippen LogP) is 5.50. The number of carbonyl (C=O) groups is 1. The summed E-state index contributed by atoms with van der Waals surface area (Å²) in [6, 6.07) is 24.9. The van der Waals surface area contributed by atoms with Crippen LogP contribution in [0, 0.1) is 6.92 Å². The van der Waals surface area contributed by atoms with Crippen LogP contribution >= 0.6 is 11.3 Å². The molecule has 3 heterocycles. The molecule has 0 atom stereocenters. The number of nitrogens with one attached hydrogen (secondary N) is 1. The fraction of sp³-hybridized carbons (Fsp3) is 0.0345. The topological polar surface area (TPSA) is 132 Å². The smallest absolute Gasteiger partial charge is 0.256 e. The van der Waals surface area contributed by atoms with Gasteiger partial charge in [0, 0.05) is 17.3 Å². The van der Waals surface area contributed by atoms with Gasteiger partial charge in [-0.1, -0.05) is 77.6 Å². The van der Waals surface area contributed by atoms with Gasteiger partial charge in [-0.25, -0.2) is 18.4 Å². The van der Waals surface area contributed by atoms with Crippen molar-refractivity contribution in [3.8, 4) is 21.8 Å². The van der Waals surface area contributed by atoms with Crippen LogP contribution in [0.4, 0.5) is 10.8 Å². The van der Waals surface area contributed by atoms with Crippen LogP contribution in [-0.4, -0.2) is 33.9 Å². The molecule has 198 valence electrons. The lowest BCUT2D eigenvalue weighted by Crippen LogP contribution is -2.11. The van der Waals surface area contributed by atoms with E-state index in [1.54, 1.807) is 30.3 Å². The highest BCUT2D eigenvalue weighted by Gasteiger charge is 2.26. The Morgan fingerprint density at radius 1 is 0.925 bits per heavy atom. The number of thiazole rings is 1. The quantitative estimate of drug-likeness (QED) is 0.272. The average molecular weight is 567 g/mol. The van der Waals surface area contributed by atoms with Gasteiger partial charge < -0.3 is 11.1 Å². The largest absolute Gasteiger partial charge is 0.383 e. The lowest BCUT2D eigenvalue weighted by molar-refractivity contribution is 0.102. The van der Waals surface area contributed by atoms with Crippen LogP contribution in [0.3, 0.4) is 0 Å². The molecule has 0 spiro atoms. The summed E-state index contributed by atoms with van der Waals surface area (Å²) < 4.78 is 27.8. The molecule has 3 aromatic carbocycles. The Hall–Kier alpha value is -4.87. The monoisotopic (exact) mass is 566 g/mol. The molecule has 6 rings (SSSR count). The number of hydrogen-bond donors (Lipinski definition) is 2. The van der Waals surface area contributed by atoms with Gasteiger partial charge in [0.15, 0.2) is 5.65 Å². The molecule has 1 amide bonds. The molecule has 0 saturated carbocycles. The molecule has 0 unspecified atom stereocenters. The molecule has 0 aliphatic heterocycles. The standard InChI is InChI=1S/C29H22N6O3S2/c1-18-12-14-20(15-13-18)27(36)34-29-24(19-8-4-2-5-9-19)33-28(39-29)22-16-31-26-23(17-32-35(26)25(22)30)40(37,38)21-10-6-3-7-11-21/h2-17H,30H2,1H3,(H,34,36). The van der Waals surface area contributed by atoms with Gasteiger partial charge in [0.25, 0.3) is 5.91 Å². The normalized spacial score (nSPS) is 11.5. The molecule has 3 aromatic heterocycles. The number of fused-ring (bicyclic) bond motifs is 1. The van der Waals surface area contributed by atoms with Crippen molar-refractivity contribution in [3.05, 3.63) is 108 Å². The van der Waals surface area contributed by atoms with Crippen molar-refractivity contribution in [2.24, 2.45) is 0 Å². The number of aryl methyl sites for hydroxylation is 1. The van der Waals surface area contributed by atoms with Crippen LogP contribution in [0.25, 0.3) is 27.5 Å². The van der Waals surface area contributed by atoms with Crippen LogP contribution in [0.1, 0.15) is 15.9 Å². The number of benzene rings is 3. The molecule has 0 aliphatic rings. The van der Waals surface area contributed by atoms with E-state index < -0.39 is 9.84 Å². The second-order valence-electron chi connectivity index (χ2n) is 9.00. The van der Waals surface area contributed by atoms with E-state index in [2.05, 4.69) is 15.4 Å². The summed E-state index contributed by atoms with van der Waals surface area (Å²) in [5, 5.41) is 8.26. The van der Waals surface area contributed by atoms with E-state index in [1.807, 2.05) is 49.4 Å². The summed E-state index contributed by atoms with van der Waals surface area (Å²) >= 11 is 1.24. The van der Waals surface area contributed by atoms with Gasteiger partial charge in [0.05, 0.1) is 16.7 Å². The molecule has 0 fully saturated rings. The SMILES string of the molecule is Cc1ccc(C(=O)Nc2sc(-c3cnc4c(S(=O)(=O)c5ccccc5)cnn4c3N)nc2-c2ccccc2)cc1. The van der Waals surface area contributed by atoms with Gasteiger partial charge in [-0.05, 0) is 31.2 Å². The lowest BCUT2D eigenvalue weighted by atomic mass is 10.1. The Labute approximate surface area is 233 Å². The van der Waals surface area contributed by atoms with Crippen molar-refractivity contribution in [3.63, 3.8) is 0 Å². The number of rotatable bonds is 6. The maximum absolute atomic E-state index is 13.2. The number of nitrogens with two attached hydrogens (primary N) is 1. The second kappa shape index (κ2) is 10.0. The zero-order chi connectivity index (χ0) is 27.9. The molecule has 3 N–H and O–H groups in total. The van der Waals surface area contributed by atoms with Gasteiger partial charge in [-0.3, -0.25) is 4.79 Å². The van der Waals surface area contributed by atoms with Crippen molar-refractivity contribution >= 4 is 43.5 Å². The van der Waals surface area contributed by atoms with Crippen LogP contribution in [0.2, 0.25) is 0 Å². The highest BCUT2D eigenvalue weighted by molar-refractivity contribution is 7.91. The minimum atomic E-state index is -3.86. The molecule has 0 saturated heterocycles. The molecule has 0 aliphatic carbocycles. The van der Waals surface area contributed by atoms with E-state index in [1.165, 1.54) is 40.4 Å². The number of nitrogens with zero attached hydrogens (tertiary/aromatic N) is 4. The first-order valence-electron chi connectivity index (χ1n) is 12.2. The number of carbonyl (C=O) groups excluding carboxylic acids is 1. The van der Waals surface area contributed by atoms with Gasteiger partial charge >= 0.3 is 0 Å². The van der Waals surface area contributed by atoms with Crippen LogP contribution in [-0.2, 0) is 9.84 Å². The Balaban J connectivity index is 1.43. The van der Waals surface area contributed by atoms with E-state index in [0.29, 0.717) is 26.8 Å². The highest BCUT2D eigenvalue weighted by Crippen LogP contribution is 2.40. The van der Waals surface area contributed by atoms with E-state index >= 15 is 0 Å². The molecular formula is C29H22N6O3S2. The molecule has 6 aromatic rings. The van der Waals surface area contributed by atoms with Crippen molar-refractivity contribution < 1.29 is 13.2 Å². The zero-order valence-electron chi connectivity index (χ0n) is 21.1. The van der Waals surface area contributed by atoms with Crippen LogP contribution < -0.4 is 11.1 Å². The van der Waals surface area contributed by atoms with Crippen molar-refractivity contribution in [1.82, 2.24) is 19.6 Å². The average Bonchev–Trinajstić information content (AvgIpc) is 3.60. The van der Waals surface area contributed by atoms with Crippen molar-refractivity contribution in [2.75, 3.05) is 11.1 Å². The second-order valence-corrected chi connectivity index (χ2v) is 11.9. The fourth-order valence-electron chi connectivity index (χ4n) is 4.20. The summed E-state index contributed by atoms with van der Waals surface area (Å²) in [6.45, 7) is 1.96. The lowest BCUT2D eigenvalue weighted by Gasteiger charge is -2.06. The number of amides is 1. The Morgan fingerprint density at radius 3 is 2.30 bits per heavy atom. The summed E-state index contributed by atoms with van der Waals surface area (Å²) in [5.41, 5.74) is 10.0. The summed E-state index contributed by atoms with van der Waals surface area (Å²) in [7, 11) is -3.86. The van der Waals surface area contributed by atoms with Crippen LogP contribution in [0.15, 0.2) is 107 Å². The molecular weight excluding hydrogens is 544 g/mol. The fourth-order valence-corrected chi connectivity index (χ4v) is 6.54. The van der Waals surface area contributed by atoms with Crippen LogP contribution in [0.5, 0.6) is 0 Å². The first-order valence-corrected chi connectivity index (χ1v) is 14.5. The number of hydrogen-bond acceptors (Lipinski definition) is 8. The summed E-state index contributed by atoms with van der Waals surface area (Å²) in [4.78, 5) is 22.4. The van der Waals surface area contributed by atoms with Crippen molar-refractivity contribution in [2.45, 2.75) is 16.7 Å². The third-order valence-corrected chi connectivity index (χ3v) is 9.08. The van der Waals surface area contributed by atoms with E-state index in [-0.39, 0.29) is 27.2 Å². The van der Waals surface area contributed by atoms with Gasteiger partial charge in [0.2, 0.25) is 9.84 Å². The maximum Gasteiger partial charge on any atom is 0.256 e. The van der Waals surface area contributed by atoms with Gasteiger partial charge in [-0.15, -0.1) is 0 Å². The maximum atomic E-state index is 13.2. The van der Waals surface area contributed by atoms with Gasteiger partial charge in [-0.2, -0.15) is 9.61 Å². The number of anilines is 2. The first kappa shape index (κ1) is 25.4. The van der Waals surface area contributed by atoms with E-state index in [9.17, 15) is 13.2 Å². The van der Waals surface area contributed by atoms with Crippen molar-refractivity contribution in [1.29, 1.82) is 0 Å². The third kappa shape index (κ3) is 4.51. The Kier molecular flexibility index (Phi) is 6.37. The molecule has 40 heavy (non-hydrogen) atoms. The summed E-state index contributed by atoms with van der Waals surface area (Å²) in [5.74, 6) is -0.0962. The first-order chi connectivity index (χ1) is 19.3. The molecule has 9 nitrogen and oxygen atoms in total. The number of sulfone groups is 1. The minimum absolute atomic E-state index is 0.0490. The third-order valence-electron chi connectivity index (χ3n) is 6.32. The molecule has 0 bridgehead atoms. The minimum Gasteiger partial charge on any atom is -0.383 e. The zero-order valence-corrected chi connectivity index (χ0v) is 22.8. The molecule has 11 heteroatoms. The number of aromatic nitrogens is 4. The molecule has 0 radical (unpaired) electrons. The Bertz CT molecular complexity index is 1970. The highest BCUT2D eigenvalue weighted by atomic mass is 32.2.